The van der Waals surface area contributed by atoms with Gasteiger partial charge in [-0.1, -0.05) is 11.6 Å². The van der Waals surface area contributed by atoms with Crippen LogP contribution >= 0.6 is 11.6 Å². The number of hydrogen-bond donors (Lipinski definition) is 1. The molecular weight excluding hydrogens is 124 g/mol. The minimum absolute atomic E-state index is 0.470. The summed E-state index contributed by atoms with van der Waals surface area (Å²) in [5.74, 6) is 0. The van der Waals surface area contributed by atoms with Gasteiger partial charge in [0.2, 0.25) is 0 Å². The maximum Gasteiger partial charge on any atom is 0.114 e. The molecule has 3 heteroatoms. The Labute approximate surface area is 52.3 Å². The molecule has 8 heavy (non-hydrogen) atoms. The molecule has 0 fully saturated rings. The van der Waals surface area contributed by atoms with Gasteiger partial charge in [-0.25, -0.2) is 0 Å². The summed E-state index contributed by atoms with van der Waals surface area (Å²) in [4.78, 5) is 3.60. The molecule has 1 aromatic heterocycles. The second-order valence-corrected chi connectivity index (χ2v) is 1.79. The quantitative estimate of drug-likeness (QED) is 0.567. The minimum atomic E-state index is 0.470. The van der Waals surface area contributed by atoms with Crippen molar-refractivity contribution in [3.05, 3.63) is 23.5 Å². The number of nitrogen functional groups attached to an aromatic ring is 1. The highest BCUT2D eigenvalue weighted by molar-refractivity contribution is 6.30. The van der Waals surface area contributed by atoms with Gasteiger partial charge in [0.05, 0.1) is 10.7 Å². The van der Waals surface area contributed by atoms with Gasteiger partial charge in [-0.3, -0.25) is 4.98 Å². The molecule has 2 nitrogen and oxygen atoms in total. The van der Waals surface area contributed by atoms with Crippen molar-refractivity contribution in [1.29, 1.82) is 0 Å². The van der Waals surface area contributed by atoms with Gasteiger partial charge in [-0.15, -0.1) is 0 Å². The molecule has 1 radical (unpaired) electrons. The van der Waals surface area contributed by atoms with Gasteiger partial charge in [0, 0.05) is 6.20 Å². The average Bonchev–Trinajstić information content (AvgIpc) is 1.64. The van der Waals surface area contributed by atoms with Crippen molar-refractivity contribution in [2.24, 2.45) is 0 Å². The fourth-order valence-electron chi connectivity index (χ4n) is 0.387. The van der Waals surface area contributed by atoms with Crippen LogP contribution in [0.1, 0.15) is 0 Å². The van der Waals surface area contributed by atoms with E-state index < -0.39 is 0 Å². The Bertz CT molecular complexity index is 170. The van der Waals surface area contributed by atoms with Gasteiger partial charge in [-0.05, 0) is 6.07 Å². The maximum atomic E-state index is 5.48. The fourth-order valence-corrected chi connectivity index (χ4v) is 0.553. The average molecular weight is 128 g/mol. The number of nitrogens with zero attached hydrogens (tertiary/aromatic N) is 1. The van der Waals surface area contributed by atoms with E-state index in [9.17, 15) is 0 Å². The lowest BCUT2D eigenvalue weighted by Gasteiger charge is -1.87. The Balaban J connectivity index is 3.08. The van der Waals surface area contributed by atoms with Gasteiger partial charge in [-0.2, -0.15) is 0 Å². The molecule has 1 rings (SSSR count). The summed E-state index contributed by atoms with van der Waals surface area (Å²) in [6, 6.07) is 1.59. The summed E-state index contributed by atoms with van der Waals surface area (Å²) in [5.41, 5.74) is 5.73. The van der Waals surface area contributed by atoms with Crippen LogP contribution in [-0.2, 0) is 0 Å². The fraction of sp³-hybridized carbons (Fsp3) is 0. The summed E-state index contributed by atoms with van der Waals surface area (Å²) in [6.45, 7) is 0. The molecule has 0 spiro atoms. The highest BCUT2D eigenvalue weighted by Gasteiger charge is 1.85. The first-order chi connectivity index (χ1) is 3.79. The molecule has 0 unspecified atom stereocenters. The molecular formula is C5H4ClN2. The van der Waals surface area contributed by atoms with Crippen molar-refractivity contribution in [1.82, 2.24) is 4.98 Å². The first-order valence-corrected chi connectivity index (χ1v) is 2.45. The number of halogens is 1. The van der Waals surface area contributed by atoms with Crippen LogP contribution in [0.2, 0.25) is 5.02 Å². The molecule has 1 aromatic rings. The van der Waals surface area contributed by atoms with Crippen molar-refractivity contribution >= 4 is 17.3 Å². The zero-order chi connectivity index (χ0) is 5.98. The predicted molar refractivity (Wildman–Crippen MR) is 32.5 cm³/mol. The Kier molecular flexibility index (Phi) is 1.35. The summed E-state index contributed by atoms with van der Waals surface area (Å²) in [7, 11) is 0. The third-order valence-corrected chi connectivity index (χ3v) is 0.882. The van der Waals surface area contributed by atoms with Crippen molar-refractivity contribution in [3.63, 3.8) is 0 Å². The molecule has 0 aliphatic rings. The zero-order valence-corrected chi connectivity index (χ0v) is 4.81. The number of nitrogens with two attached hydrogens (primary N) is 1. The molecule has 0 atom stereocenters. The van der Waals surface area contributed by atoms with Gasteiger partial charge < -0.3 is 5.73 Å². The largest absolute Gasteiger partial charge is 0.397 e. The van der Waals surface area contributed by atoms with E-state index in [1.54, 1.807) is 6.07 Å². The molecule has 2 N–H and O–H groups in total. The second-order valence-electron chi connectivity index (χ2n) is 1.35. The first kappa shape index (κ1) is 5.38. The smallest absolute Gasteiger partial charge is 0.114 e. The van der Waals surface area contributed by atoms with E-state index in [0.29, 0.717) is 10.7 Å². The van der Waals surface area contributed by atoms with Gasteiger partial charge in [0.25, 0.3) is 0 Å². The number of anilines is 1. The zero-order valence-electron chi connectivity index (χ0n) is 4.06. The summed E-state index contributed by atoms with van der Waals surface area (Å²) in [5, 5.41) is 0.543. The molecule has 41 valence electrons. The summed E-state index contributed by atoms with van der Waals surface area (Å²) in [6.07, 6.45) is 4.00. The molecule has 1 heterocycles. The lowest BCUT2D eigenvalue weighted by Crippen LogP contribution is -1.84. The summed E-state index contributed by atoms with van der Waals surface area (Å²) < 4.78 is 0. The van der Waals surface area contributed by atoms with E-state index in [2.05, 4.69) is 11.2 Å². The number of rotatable bonds is 0. The van der Waals surface area contributed by atoms with Crippen LogP contribution in [-0.4, -0.2) is 4.98 Å². The molecule has 0 aliphatic carbocycles. The van der Waals surface area contributed by atoms with Crippen LogP contribution < -0.4 is 5.73 Å². The molecule has 0 amide bonds. The number of hydrogen-bond acceptors (Lipinski definition) is 2. The van der Waals surface area contributed by atoms with E-state index in [-0.39, 0.29) is 0 Å². The van der Waals surface area contributed by atoms with Crippen molar-refractivity contribution in [2.75, 3.05) is 5.73 Å². The molecule has 0 saturated carbocycles. The lowest BCUT2D eigenvalue weighted by atomic mass is 10.4. The van der Waals surface area contributed by atoms with Crippen molar-refractivity contribution in [2.45, 2.75) is 0 Å². The van der Waals surface area contributed by atoms with E-state index >= 15 is 0 Å². The van der Waals surface area contributed by atoms with E-state index in [1.807, 2.05) is 0 Å². The third kappa shape index (κ3) is 1.10. The first-order valence-electron chi connectivity index (χ1n) is 2.08. The SMILES string of the molecule is Nc1[c]ncc(Cl)c1. The van der Waals surface area contributed by atoms with Crippen LogP contribution in [0.4, 0.5) is 5.69 Å². The molecule has 0 aromatic carbocycles. The Morgan fingerprint density at radius 3 is 2.88 bits per heavy atom. The van der Waals surface area contributed by atoms with Gasteiger partial charge in [0.1, 0.15) is 6.20 Å². The topological polar surface area (TPSA) is 38.9 Å². The maximum absolute atomic E-state index is 5.48. The monoisotopic (exact) mass is 127 g/mol. The van der Waals surface area contributed by atoms with Crippen LogP contribution in [0.5, 0.6) is 0 Å². The summed E-state index contributed by atoms with van der Waals surface area (Å²) >= 11 is 5.48. The third-order valence-electron chi connectivity index (χ3n) is 0.675. The van der Waals surface area contributed by atoms with E-state index in [4.69, 9.17) is 17.3 Å². The van der Waals surface area contributed by atoms with Crippen molar-refractivity contribution < 1.29 is 0 Å². The predicted octanol–water partition coefficient (Wildman–Crippen LogP) is 1.12. The molecule has 0 aliphatic heterocycles. The Morgan fingerprint density at radius 1 is 1.75 bits per heavy atom. The van der Waals surface area contributed by atoms with Crippen LogP contribution in [0, 0.1) is 6.20 Å². The van der Waals surface area contributed by atoms with Crippen LogP contribution in [0.3, 0.4) is 0 Å². The number of aromatic nitrogens is 1. The Morgan fingerprint density at radius 2 is 2.50 bits per heavy atom. The normalized spacial score (nSPS) is 9.12. The van der Waals surface area contributed by atoms with Crippen LogP contribution in [0.25, 0.3) is 0 Å². The van der Waals surface area contributed by atoms with Gasteiger partial charge >= 0.3 is 0 Å². The van der Waals surface area contributed by atoms with E-state index in [1.165, 1.54) is 6.20 Å². The van der Waals surface area contributed by atoms with Crippen molar-refractivity contribution in [3.8, 4) is 0 Å². The Hall–Kier alpha value is -0.760. The molecule has 0 bridgehead atoms. The van der Waals surface area contributed by atoms with Crippen LogP contribution in [0.15, 0.2) is 12.3 Å². The molecule has 0 saturated heterocycles. The lowest BCUT2D eigenvalue weighted by molar-refractivity contribution is 1.32. The highest BCUT2D eigenvalue weighted by Crippen LogP contribution is 2.07. The van der Waals surface area contributed by atoms with Gasteiger partial charge in [0.15, 0.2) is 0 Å². The standard InChI is InChI=1S/C5H4ClN2/c6-4-1-5(7)3-8-2-4/h1-2H,7H2. The minimum Gasteiger partial charge on any atom is -0.397 e. The number of pyridine rings is 1. The second kappa shape index (κ2) is 2.01. The highest BCUT2D eigenvalue weighted by atomic mass is 35.5. The van der Waals surface area contributed by atoms with E-state index in [0.717, 1.165) is 0 Å².